The van der Waals surface area contributed by atoms with E-state index in [1.165, 1.54) is 24.4 Å². The van der Waals surface area contributed by atoms with Gasteiger partial charge >= 0.3 is 12.3 Å². The average molecular weight is 544 g/mol. The third-order valence-electron chi connectivity index (χ3n) is 5.63. The molecular formula is C24H26F5N5O2S. The number of hydrogen-bond acceptors (Lipinski definition) is 6. The van der Waals surface area contributed by atoms with Crippen LogP contribution >= 0.6 is 11.8 Å². The zero-order chi connectivity index (χ0) is 27.0. The molecule has 37 heavy (non-hydrogen) atoms. The lowest BCUT2D eigenvalue weighted by Gasteiger charge is -2.34. The second kappa shape index (κ2) is 10.3. The Bertz CT molecular complexity index is 1270. The number of aromatic nitrogens is 3. The maximum Gasteiger partial charge on any atom is 0.419 e. The second-order valence-electron chi connectivity index (χ2n) is 9.65. The number of fused-ring (bicyclic) bond motifs is 1. The first-order valence-corrected chi connectivity index (χ1v) is 12.4. The maximum absolute atomic E-state index is 13.9. The van der Waals surface area contributed by atoms with E-state index in [-0.39, 0.29) is 34.7 Å². The van der Waals surface area contributed by atoms with Crippen molar-refractivity contribution in [3.8, 4) is 11.3 Å². The van der Waals surface area contributed by atoms with E-state index in [2.05, 4.69) is 20.3 Å². The second-order valence-corrected chi connectivity index (χ2v) is 10.7. The van der Waals surface area contributed by atoms with Gasteiger partial charge in [0.05, 0.1) is 5.69 Å². The highest BCUT2D eigenvalue weighted by atomic mass is 32.2. The minimum absolute atomic E-state index is 0.0155. The number of likely N-dealkylation sites (tertiary alicyclic amines) is 1. The lowest BCUT2D eigenvalue weighted by molar-refractivity contribution is -0.137. The van der Waals surface area contributed by atoms with E-state index in [0.717, 1.165) is 6.20 Å². The molecule has 3 heterocycles. The van der Waals surface area contributed by atoms with Crippen LogP contribution < -0.4 is 5.32 Å². The van der Waals surface area contributed by atoms with Crippen LogP contribution in [0.5, 0.6) is 0 Å². The van der Waals surface area contributed by atoms with Crippen molar-refractivity contribution in [2.24, 2.45) is 0 Å². The van der Waals surface area contributed by atoms with E-state index in [0.29, 0.717) is 42.1 Å². The van der Waals surface area contributed by atoms with Crippen molar-refractivity contribution in [3.63, 3.8) is 0 Å². The molecule has 1 atom stereocenters. The van der Waals surface area contributed by atoms with Gasteiger partial charge < -0.3 is 19.9 Å². The smallest absolute Gasteiger partial charge is 0.419 e. The predicted octanol–water partition coefficient (Wildman–Crippen LogP) is 6.77. The normalized spacial score (nSPS) is 16.9. The molecule has 0 unspecified atom stereocenters. The summed E-state index contributed by atoms with van der Waals surface area (Å²) in [5.74, 6) is -2.64. The van der Waals surface area contributed by atoms with Crippen molar-refractivity contribution in [2.45, 2.75) is 62.1 Å². The van der Waals surface area contributed by atoms with Crippen LogP contribution in [0.1, 0.15) is 39.2 Å². The molecule has 0 radical (unpaired) electrons. The molecule has 7 nitrogen and oxygen atoms in total. The van der Waals surface area contributed by atoms with E-state index in [1.54, 1.807) is 25.7 Å². The third kappa shape index (κ3) is 6.62. The molecule has 0 spiro atoms. The minimum Gasteiger partial charge on any atom is -0.444 e. The van der Waals surface area contributed by atoms with Crippen LogP contribution in [0.4, 0.5) is 32.7 Å². The number of ether oxygens (including phenoxy) is 1. The number of piperidine rings is 1. The quantitative estimate of drug-likeness (QED) is 0.273. The Morgan fingerprint density at radius 3 is 2.70 bits per heavy atom. The summed E-state index contributed by atoms with van der Waals surface area (Å²) >= 11 is 0.347. The zero-order valence-corrected chi connectivity index (χ0v) is 21.1. The summed E-state index contributed by atoms with van der Waals surface area (Å²) in [5, 5.41) is 3.46. The number of alkyl halides is 5. The molecule has 3 aromatic rings. The molecule has 1 fully saturated rings. The highest BCUT2D eigenvalue weighted by Gasteiger charge is 2.36. The summed E-state index contributed by atoms with van der Waals surface area (Å²) in [5.41, 5.74) is -1.45. The highest BCUT2D eigenvalue weighted by Crippen LogP contribution is 2.39. The molecule has 200 valence electrons. The largest absolute Gasteiger partial charge is 0.444 e. The summed E-state index contributed by atoms with van der Waals surface area (Å²) in [6, 6.07) is 4.08. The molecule has 1 aliphatic rings. The topological polar surface area (TPSA) is 83.1 Å². The Morgan fingerprint density at radius 2 is 2.03 bits per heavy atom. The van der Waals surface area contributed by atoms with Gasteiger partial charge in [-0.05, 0) is 45.7 Å². The van der Waals surface area contributed by atoms with Crippen LogP contribution in [-0.2, 0) is 10.9 Å². The molecule has 1 saturated heterocycles. The summed E-state index contributed by atoms with van der Waals surface area (Å²) in [6.07, 6.45) is -1.76. The number of hydrogen-bond donors (Lipinski definition) is 2. The number of nitrogens with zero attached hydrogens (tertiary/aromatic N) is 3. The Labute approximate surface area is 214 Å². The van der Waals surface area contributed by atoms with Crippen LogP contribution in [0.2, 0.25) is 0 Å². The van der Waals surface area contributed by atoms with Crippen LogP contribution in [0, 0.1) is 0 Å². The SMILES string of the molecule is CC(C)(C)OC(=O)N1CCC[C@H](Nc2ncc(C(F)(F)F)c(-c3c[nH]c4cc(SC(F)F)ccc34)n2)C1. The van der Waals surface area contributed by atoms with Gasteiger partial charge in [0, 0.05) is 52.9 Å². The number of benzene rings is 1. The van der Waals surface area contributed by atoms with E-state index in [4.69, 9.17) is 4.74 Å². The number of nitrogens with one attached hydrogen (secondary N) is 2. The molecule has 2 aromatic heterocycles. The highest BCUT2D eigenvalue weighted by molar-refractivity contribution is 7.99. The van der Waals surface area contributed by atoms with Crippen molar-refractivity contribution in [1.29, 1.82) is 0 Å². The van der Waals surface area contributed by atoms with Crippen LogP contribution in [0.3, 0.4) is 0 Å². The summed E-state index contributed by atoms with van der Waals surface area (Å²) in [4.78, 5) is 25.2. The average Bonchev–Trinajstić information content (AvgIpc) is 3.20. The number of carbonyl (C=O) groups excluding carboxylic acids is 1. The standard InChI is InChI=1S/C24H26F5N5O2S/c1-23(2,3)36-22(35)34-8-4-5-13(12-34)32-21-31-11-17(24(27,28)29)19(33-21)16-10-30-18-9-14(37-20(25)26)6-7-15(16)18/h6-7,9-11,13,20,30H,4-5,8,12H2,1-3H3,(H,31,32,33)/t13-/m0/s1. The maximum atomic E-state index is 13.9. The molecule has 4 rings (SSSR count). The van der Waals surface area contributed by atoms with Gasteiger partial charge in [-0.25, -0.2) is 14.8 Å². The first-order valence-electron chi connectivity index (χ1n) is 11.5. The number of halogens is 5. The number of thioether (sulfide) groups is 1. The zero-order valence-electron chi connectivity index (χ0n) is 20.3. The molecule has 2 N–H and O–H groups in total. The van der Waals surface area contributed by atoms with Gasteiger partial charge in [0.15, 0.2) is 0 Å². The molecular weight excluding hydrogens is 517 g/mol. The number of anilines is 1. The van der Waals surface area contributed by atoms with Crippen molar-refractivity contribution in [2.75, 3.05) is 18.4 Å². The van der Waals surface area contributed by atoms with Gasteiger partial charge in [-0.2, -0.15) is 22.0 Å². The minimum atomic E-state index is -4.72. The fourth-order valence-electron chi connectivity index (χ4n) is 4.11. The number of H-pyrrole nitrogens is 1. The van der Waals surface area contributed by atoms with Gasteiger partial charge in [-0.15, -0.1) is 0 Å². The van der Waals surface area contributed by atoms with Crippen molar-refractivity contribution in [1.82, 2.24) is 19.9 Å². The lowest BCUT2D eigenvalue weighted by Crippen LogP contribution is -2.47. The monoisotopic (exact) mass is 543 g/mol. The molecule has 13 heteroatoms. The molecule has 0 saturated carbocycles. The van der Waals surface area contributed by atoms with Crippen LogP contribution in [-0.4, -0.2) is 56.4 Å². The van der Waals surface area contributed by atoms with Gasteiger partial charge in [-0.1, -0.05) is 17.8 Å². The summed E-state index contributed by atoms with van der Waals surface area (Å²) in [6.45, 7) is 6.10. The number of rotatable bonds is 5. The third-order valence-corrected chi connectivity index (χ3v) is 6.34. The van der Waals surface area contributed by atoms with Crippen molar-refractivity contribution in [3.05, 3.63) is 36.2 Å². The number of amides is 1. The summed E-state index contributed by atoms with van der Waals surface area (Å²) < 4.78 is 72.5. The van der Waals surface area contributed by atoms with Gasteiger partial charge in [-0.3, -0.25) is 0 Å². The predicted molar refractivity (Wildman–Crippen MR) is 131 cm³/mol. The Morgan fingerprint density at radius 1 is 1.27 bits per heavy atom. The van der Waals surface area contributed by atoms with Crippen molar-refractivity contribution < 1.29 is 31.5 Å². The van der Waals surface area contributed by atoms with Crippen LogP contribution in [0.15, 0.2) is 35.5 Å². The first-order chi connectivity index (χ1) is 17.3. The molecule has 0 bridgehead atoms. The van der Waals surface area contributed by atoms with Crippen LogP contribution in [0.25, 0.3) is 22.2 Å². The fraction of sp³-hybridized carbons (Fsp3) is 0.458. The van der Waals surface area contributed by atoms with Gasteiger partial charge in [0.1, 0.15) is 11.2 Å². The Balaban J connectivity index is 1.62. The fourth-order valence-corrected chi connectivity index (χ4v) is 4.65. The number of aromatic amines is 1. The van der Waals surface area contributed by atoms with Crippen molar-refractivity contribution >= 4 is 34.7 Å². The molecule has 0 aliphatic carbocycles. The van der Waals surface area contributed by atoms with E-state index in [1.807, 2.05) is 0 Å². The van der Waals surface area contributed by atoms with E-state index in [9.17, 15) is 26.7 Å². The van der Waals surface area contributed by atoms with E-state index < -0.39 is 29.2 Å². The van der Waals surface area contributed by atoms with E-state index >= 15 is 0 Å². The van der Waals surface area contributed by atoms with Gasteiger partial charge in [0.25, 0.3) is 5.76 Å². The molecule has 1 aliphatic heterocycles. The number of carbonyl (C=O) groups is 1. The Hall–Kier alpha value is -3.09. The first kappa shape index (κ1) is 27.0. The molecule has 1 aromatic carbocycles. The summed E-state index contributed by atoms with van der Waals surface area (Å²) in [7, 11) is 0. The molecule has 1 amide bonds. The van der Waals surface area contributed by atoms with Gasteiger partial charge in [0.2, 0.25) is 5.95 Å². The lowest BCUT2D eigenvalue weighted by atomic mass is 10.1. The Kier molecular flexibility index (Phi) is 7.54.